The van der Waals surface area contributed by atoms with E-state index in [-0.39, 0.29) is 17.0 Å². The Bertz CT molecular complexity index is 906. The molecule has 0 atom stereocenters. The first kappa shape index (κ1) is 17.6. The molecule has 0 aromatic heterocycles. The summed E-state index contributed by atoms with van der Waals surface area (Å²) in [5.41, 5.74) is 1.35. The number of nitro benzene ring substituents is 1. The summed E-state index contributed by atoms with van der Waals surface area (Å²) in [4.78, 5) is 22.7. The number of anilines is 1. The van der Waals surface area contributed by atoms with Crippen LogP contribution in [0.4, 0.5) is 11.4 Å². The number of hydrogen-bond donors (Lipinski definition) is 1. The number of para-hydroxylation sites is 1. The van der Waals surface area contributed by atoms with Gasteiger partial charge in [-0.15, -0.1) is 0 Å². The zero-order chi connectivity index (χ0) is 17.9. The standard InChI is InChI=1S/C16H16N2O5S/c1-11-7-13(9-14(8-11)18(20)21)16(19)17-15-6-4-3-5-12(15)10-24(2,22)23/h3-9H,10H2,1-2H3,(H,17,19). The lowest BCUT2D eigenvalue weighted by Gasteiger charge is -2.11. The maximum Gasteiger partial charge on any atom is 0.270 e. The van der Waals surface area contributed by atoms with Gasteiger partial charge in [-0.2, -0.15) is 0 Å². The van der Waals surface area contributed by atoms with E-state index < -0.39 is 20.7 Å². The summed E-state index contributed by atoms with van der Waals surface area (Å²) in [5.74, 6) is -0.750. The van der Waals surface area contributed by atoms with Crippen LogP contribution >= 0.6 is 0 Å². The van der Waals surface area contributed by atoms with Crippen LogP contribution in [0.1, 0.15) is 21.5 Å². The second kappa shape index (κ2) is 6.79. The lowest BCUT2D eigenvalue weighted by molar-refractivity contribution is -0.384. The Labute approximate surface area is 139 Å². The van der Waals surface area contributed by atoms with Gasteiger partial charge in [0.25, 0.3) is 11.6 Å². The normalized spacial score (nSPS) is 11.1. The molecule has 0 fully saturated rings. The third-order valence-electron chi connectivity index (χ3n) is 3.22. The molecule has 0 spiro atoms. The summed E-state index contributed by atoms with van der Waals surface area (Å²) < 4.78 is 23.0. The Morgan fingerprint density at radius 1 is 1.21 bits per heavy atom. The Kier molecular flexibility index (Phi) is 4.99. The van der Waals surface area contributed by atoms with Gasteiger partial charge in [0, 0.05) is 29.6 Å². The van der Waals surface area contributed by atoms with Crippen molar-refractivity contribution >= 4 is 27.1 Å². The van der Waals surface area contributed by atoms with Gasteiger partial charge in [-0.1, -0.05) is 18.2 Å². The number of benzene rings is 2. The van der Waals surface area contributed by atoms with Gasteiger partial charge < -0.3 is 5.32 Å². The number of nitrogens with zero attached hydrogens (tertiary/aromatic N) is 1. The minimum Gasteiger partial charge on any atom is -0.322 e. The average molecular weight is 348 g/mol. The molecule has 0 aliphatic carbocycles. The van der Waals surface area contributed by atoms with Crippen molar-refractivity contribution in [1.29, 1.82) is 0 Å². The van der Waals surface area contributed by atoms with Crippen LogP contribution in [-0.4, -0.2) is 25.5 Å². The first-order chi connectivity index (χ1) is 11.2. The maximum atomic E-state index is 12.4. The molecule has 0 saturated heterocycles. The van der Waals surface area contributed by atoms with Crippen molar-refractivity contribution in [2.45, 2.75) is 12.7 Å². The Morgan fingerprint density at radius 3 is 2.50 bits per heavy atom. The predicted octanol–water partition coefficient (Wildman–Crippen LogP) is 2.70. The van der Waals surface area contributed by atoms with Gasteiger partial charge >= 0.3 is 0 Å². The molecular weight excluding hydrogens is 332 g/mol. The quantitative estimate of drug-likeness (QED) is 0.660. The number of rotatable bonds is 5. The fraction of sp³-hybridized carbons (Fsp3) is 0.188. The summed E-state index contributed by atoms with van der Waals surface area (Å²) in [6.45, 7) is 1.65. The fourth-order valence-corrected chi connectivity index (χ4v) is 3.06. The lowest BCUT2D eigenvalue weighted by Crippen LogP contribution is -2.15. The molecule has 0 radical (unpaired) electrons. The number of hydrogen-bond acceptors (Lipinski definition) is 5. The molecule has 126 valence electrons. The second-order valence-corrected chi connectivity index (χ2v) is 7.64. The van der Waals surface area contributed by atoms with Gasteiger partial charge in [0.2, 0.25) is 0 Å². The molecule has 2 aromatic carbocycles. The smallest absolute Gasteiger partial charge is 0.270 e. The van der Waals surface area contributed by atoms with E-state index in [0.29, 0.717) is 16.8 Å². The molecular formula is C16H16N2O5S. The third kappa shape index (κ3) is 4.63. The number of non-ortho nitro benzene ring substituents is 1. The van der Waals surface area contributed by atoms with Crippen molar-refractivity contribution in [2.75, 3.05) is 11.6 Å². The van der Waals surface area contributed by atoms with Crippen LogP contribution in [0.25, 0.3) is 0 Å². The van der Waals surface area contributed by atoms with Crippen LogP contribution in [0.3, 0.4) is 0 Å². The molecule has 0 bridgehead atoms. The van der Waals surface area contributed by atoms with Crippen molar-refractivity contribution in [2.24, 2.45) is 0 Å². The number of carbonyl (C=O) groups is 1. The minimum atomic E-state index is -3.27. The van der Waals surface area contributed by atoms with Gasteiger partial charge in [-0.3, -0.25) is 14.9 Å². The molecule has 7 nitrogen and oxygen atoms in total. The molecule has 2 rings (SSSR count). The van der Waals surface area contributed by atoms with Gasteiger partial charge in [0.1, 0.15) is 0 Å². The molecule has 0 aliphatic heterocycles. The predicted molar refractivity (Wildman–Crippen MR) is 90.8 cm³/mol. The van der Waals surface area contributed by atoms with Crippen LogP contribution < -0.4 is 5.32 Å². The van der Waals surface area contributed by atoms with E-state index in [1.165, 1.54) is 18.2 Å². The van der Waals surface area contributed by atoms with E-state index in [9.17, 15) is 23.3 Å². The van der Waals surface area contributed by atoms with E-state index in [0.717, 1.165) is 6.26 Å². The van der Waals surface area contributed by atoms with Crippen molar-refractivity contribution in [1.82, 2.24) is 0 Å². The van der Waals surface area contributed by atoms with Crippen LogP contribution in [0.2, 0.25) is 0 Å². The highest BCUT2D eigenvalue weighted by atomic mass is 32.2. The molecule has 0 unspecified atom stereocenters. The molecule has 2 aromatic rings. The molecule has 0 heterocycles. The Balaban J connectivity index is 2.33. The fourth-order valence-electron chi connectivity index (χ4n) is 2.24. The zero-order valence-corrected chi connectivity index (χ0v) is 14.0. The van der Waals surface area contributed by atoms with Gasteiger partial charge in [0.15, 0.2) is 9.84 Å². The SMILES string of the molecule is Cc1cc(C(=O)Nc2ccccc2CS(C)(=O)=O)cc([N+](=O)[O-])c1. The van der Waals surface area contributed by atoms with E-state index in [1.54, 1.807) is 31.2 Å². The van der Waals surface area contributed by atoms with Crippen molar-refractivity contribution < 1.29 is 18.1 Å². The topological polar surface area (TPSA) is 106 Å². The van der Waals surface area contributed by atoms with Crippen LogP contribution in [0.5, 0.6) is 0 Å². The highest BCUT2D eigenvalue weighted by Crippen LogP contribution is 2.21. The highest BCUT2D eigenvalue weighted by Gasteiger charge is 2.15. The van der Waals surface area contributed by atoms with Gasteiger partial charge in [0.05, 0.1) is 10.7 Å². The summed E-state index contributed by atoms with van der Waals surface area (Å²) in [6.07, 6.45) is 1.11. The van der Waals surface area contributed by atoms with Crippen molar-refractivity contribution in [3.05, 3.63) is 69.3 Å². The summed E-state index contributed by atoms with van der Waals surface area (Å²) >= 11 is 0. The number of aryl methyl sites for hydroxylation is 1. The maximum absolute atomic E-state index is 12.4. The molecule has 1 amide bonds. The summed E-state index contributed by atoms with van der Waals surface area (Å²) in [6, 6.07) is 10.6. The average Bonchev–Trinajstić information content (AvgIpc) is 2.47. The molecule has 24 heavy (non-hydrogen) atoms. The van der Waals surface area contributed by atoms with Crippen molar-refractivity contribution in [3.63, 3.8) is 0 Å². The summed E-state index contributed by atoms with van der Waals surface area (Å²) in [7, 11) is -3.27. The number of nitrogens with one attached hydrogen (secondary N) is 1. The van der Waals surface area contributed by atoms with E-state index in [1.807, 2.05) is 0 Å². The van der Waals surface area contributed by atoms with Crippen LogP contribution in [0, 0.1) is 17.0 Å². The number of amides is 1. The number of carbonyl (C=O) groups excluding carboxylic acids is 1. The van der Waals surface area contributed by atoms with E-state index >= 15 is 0 Å². The van der Waals surface area contributed by atoms with Crippen LogP contribution in [-0.2, 0) is 15.6 Å². The van der Waals surface area contributed by atoms with Crippen molar-refractivity contribution in [3.8, 4) is 0 Å². The van der Waals surface area contributed by atoms with Gasteiger partial charge in [-0.25, -0.2) is 8.42 Å². The second-order valence-electron chi connectivity index (χ2n) is 5.50. The molecule has 0 aliphatic rings. The number of nitro groups is 1. The van der Waals surface area contributed by atoms with E-state index in [2.05, 4.69) is 5.32 Å². The molecule has 1 N–H and O–H groups in total. The van der Waals surface area contributed by atoms with Crippen LogP contribution in [0.15, 0.2) is 42.5 Å². The highest BCUT2D eigenvalue weighted by molar-refractivity contribution is 7.89. The minimum absolute atomic E-state index is 0.135. The zero-order valence-electron chi connectivity index (χ0n) is 13.1. The monoisotopic (exact) mass is 348 g/mol. The first-order valence-corrected chi connectivity index (χ1v) is 9.05. The molecule has 0 saturated carbocycles. The number of sulfone groups is 1. The third-order valence-corrected chi connectivity index (χ3v) is 4.05. The summed E-state index contributed by atoms with van der Waals surface area (Å²) in [5, 5.41) is 13.5. The molecule has 8 heteroatoms. The van der Waals surface area contributed by atoms with Gasteiger partial charge in [-0.05, 0) is 30.2 Å². The Morgan fingerprint density at radius 2 is 1.88 bits per heavy atom. The first-order valence-electron chi connectivity index (χ1n) is 6.99. The lowest BCUT2D eigenvalue weighted by atomic mass is 10.1. The Hall–Kier alpha value is -2.74. The largest absolute Gasteiger partial charge is 0.322 e. The van der Waals surface area contributed by atoms with E-state index in [4.69, 9.17) is 0 Å².